The molecule has 3 aromatic carbocycles. The van der Waals surface area contributed by atoms with Gasteiger partial charge in [0.25, 0.3) is 5.91 Å². The zero-order valence-electron chi connectivity index (χ0n) is 22.6. The van der Waals surface area contributed by atoms with E-state index in [-0.39, 0.29) is 31.2 Å². The molecule has 3 amide bonds. The SMILES string of the molecule is COc1ccc(CCN(C(=O)Cc2ccc(Cl)cc2)C2CC(=O)N(c3ccc(C(C)C)cc3)C2=O)cc1OC. The number of nitrogens with zero attached hydrogens (tertiary/aromatic N) is 2. The number of carbonyl (C=O) groups is 3. The number of hydrogen-bond donors (Lipinski definition) is 0. The molecule has 7 nitrogen and oxygen atoms in total. The van der Waals surface area contributed by atoms with E-state index < -0.39 is 11.9 Å². The van der Waals surface area contributed by atoms with Crippen molar-refractivity contribution in [3.63, 3.8) is 0 Å². The minimum absolute atomic E-state index is 0.0664. The van der Waals surface area contributed by atoms with E-state index in [1.54, 1.807) is 56.7 Å². The number of ether oxygens (including phenoxy) is 2. The summed E-state index contributed by atoms with van der Waals surface area (Å²) < 4.78 is 10.7. The third-order valence-electron chi connectivity index (χ3n) is 7.00. The van der Waals surface area contributed by atoms with Gasteiger partial charge in [0.05, 0.1) is 32.7 Å². The van der Waals surface area contributed by atoms with E-state index >= 15 is 0 Å². The van der Waals surface area contributed by atoms with Gasteiger partial charge in [-0.1, -0.05) is 55.8 Å². The molecule has 3 aromatic rings. The average molecular weight is 549 g/mol. The maximum absolute atomic E-state index is 13.6. The Labute approximate surface area is 234 Å². The molecule has 0 aromatic heterocycles. The summed E-state index contributed by atoms with van der Waals surface area (Å²) in [5.41, 5.74) is 3.32. The monoisotopic (exact) mass is 548 g/mol. The summed E-state index contributed by atoms with van der Waals surface area (Å²) in [7, 11) is 3.13. The van der Waals surface area contributed by atoms with E-state index in [9.17, 15) is 14.4 Å². The summed E-state index contributed by atoms with van der Waals surface area (Å²) in [6.45, 7) is 4.42. The van der Waals surface area contributed by atoms with Crippen LogP contribution < -0.4 is 14.4 Å². The summed E-state index contributed by atoms with van der Waals surface area (Å²) in [6, 6.07) is 19.1. The topological polar surface area (TPSA) is 76.2 Å². The van der Waals surface area contributed by atoms with Crippen molar-refractivity contribution in [3.05, 3.63) is 88.4 Å². The Morgan fingerprint density at radius 3 is 2.21 bits per heavy atom. The van der Waals surface area contributed by atoms with Gasteiger partial charge in [0, 0.05) is 11.6 Å². The lowest BCUT2D eigenvalue weighted by molar-refractivity contribution is -0.137. The van der Waals surface area contributed by atoms with E-state index in [0.29, 0.717) is 34.5 Å². The second kappa shape index (κ2) is 12.3. The average Bonchev–Trinajstić information content (AvgIpc) is 3.23. The van der Waals surface area contributed by atoms with Gasteiger partial charge in [-0.25, -0.2) is 4.90 Å². The molecule has 1 saturated heterocycles. The molecule has 39 heavy (non-hydrogen) atoms. The molecule has 1 heterocycles. The summed E-state index contributed by atoms with van der Waals surface area (Å²) >= 11 is 6.01. The van der Waals surface area contributed by atoms with Crippen LogP contribution in [0.2, 0.25) is 5.02 Å². The second-order valence-electron chi connectivity index (χ2n) is 9.86. The lowest BCUT2D eigenvalue weighted by Crippen LogP contribution is -2.47. The molecule has 1 aliphatic rings. The van der Waals surface area contributed by atoms with E-state index in [4.69, 9.17) is 21.1 Å². The van der Waals surface area contributed by atoms with Crippen molar-refractivity contribution in [2.75, 3.05) is 25.7 Å². The summed E-state index contributed by atoms with van der Waals surface area (Å²) in [5, 5.41) is 0.576. The van der Waals surface area contributed by atoms with Crippen molar-refractivity contribution in [2.45, 2.75) is 45.1 Å². The first-order valence-electron chi connectivity index (χ1n) is 12.9. The van der Waals surface area contributed by atoms with Crippen LogP contribution in [-0.2, 0) is 27.2 Å². The molecule has 204 valence electrons. The molecular formula is C31H33ClN2O5. The quantitative estimate of drug-likeness (QED) is 0.316. The van der Waals surface area contributed by atoms with Crippen LogP contribution in [0.25, 0.3) is 0 Å². The smallest absolute Gasteiger partial charge is 0.257 e. The van der Waals surface area contributed by atoms with Crippen molar-refractivity contribution < 1.29 is 23.9 Å². The minimum Gasteiger partial charge on any atom is -0.493 e. The third kappa shape index (κ3) is 6.42. The number of carbonyl (C=O) groups excluding carboxylic acids is 3. The fourth-order valence-electron chi connectivity index (χ4n) is 4.76. The molecule has 0 bridgehead atoms. The largest absolute Gasteiger partial charge is 0.493 e. The van der Waals surface area contributed by atoms with Crippen LogP contribution in [0.4, 0.5) is 5.69 Å². The molecule has 0 radical (unpaired) electrons. The van der Waals surface area contributed by atoms with Gasteiger partial charge in [0.2, 0.25) is 11.8 Å². The van der Waals surface area contributed by atoms with Crippen molar-refractivity contribution in [1.82, 2.24) is 4.90 Å². The highest BCUT2D eigenvalue weighted by Crippen LogP contribution is 2.30. The predicted octanol–water partition coefficient (Wildman–Crippen LogP) is 5.43. The van der Waals surface area contributed by atoms with Gasteiger partial charge in [-0.05, 0) is 65.4 Å². The molecule has 0 aliphatic carbocycles. The van der Waals surface area contributed by atoms with Gasteiger partial charge in [-0.2, -0.15) is 0 Å². The Morgan fingerprint density at radius 1 is 0.949 bits per heavy atom. The molecule has 4 rings (SSSR count). The van der Waals surface area contributed by atoms with Crippen LogP contribution in [0.1, 0.15) is 42.9 Å². The zero-order chi connectivity index (χ0) is 28.1. The van der Waals surface area contributed by atoms with Gasteiger partial charge in [-0.15, -0.1) is 0 Å². The lowest BCUT2D eigenvalue weighted by atomic mass is 10.0. The Morgan fingerprint density at radius 2 is 1.59 bits per heavy atom. The number of hydrogen-bond acceptors (Lipinski definition) is 5. The van der Waals surface area contributed by atoms with Gasteiger partial charge in [-0.3, -0.25) is 14.4 Å². The Bertz CT molecular complexity index is 1340. The highest BCUT2D eigenvalue weighted by Gasteiger charge is 2.44. The van der Waals surface area contributed by atoms with Crippen LogP contribution in [0.5, 0.6) is 11.5 Å². The lowest BCUT2D eigenvalue weighted by Gasteiger charge is -2.28. The second-order valence-corrected chi connectivity index (χ2v) is 10.3. The van der Waals surface area contributed by atoms with Crippen molar-refractivity contribution in [2.24, 2.45) is 0 Å². The molecule has 0 N–H and O–H groups in total. The standard InChI is InChI=1S/C31H33ClN2O5/c1-20(2)23-8-12-25(13-9-23)34-30(36)19-26(31(34)37)33(29(35)18-21-5-10-24(32)11-6-21)16-15-22-7-14-27(38-3)28(17-22)39-4/h5-14,17,20,26H,15-16,18-19H2,1-4H3. The molecular weight excluding hydrogens is 516 g/mol. The predicted molar refractivity (Wildman–Crippen MR) is 152 cm³/mol. The van der Waals surface area contributed by atoms with Gasteiger partial charge in [0.1, 0.15) is 6.04 Å². The molecule has 0 saturated carbocycles. The normalized spacial score (nSPS) is 15.1. The number of benzene rings is 3. The molecule has 8 heteroatoms. The number of rotatable bonds is 10. The van der Waals surface area contributed by atoms with Gasteiger partial charge < -0.3 is 14.4 Å². The maximum Gasteiger partial charge on any atom is 0.257 e. The van der Waals surface area contributed by atoms with Gasteiger partial charge in [0.15, 0.2) is 11.5 Å². The van der Waals surface area contributed by atoms with Crippen LogP contribution >= 0.6 is 11.6 Å². The van der Waals surface area contributed by atoms with Crippen LogP contribution in [-0.4, -0.2) is 49.4 Å². The van der Waals surface area contributed by atoms with Crippen molar-refractivity contribution in [1.29, 1.82) is 0 Å². The molecule has 0 spiro atoms. The fourth-order valence-corrected chi connectivity index (χ4v) is 4.88. The first-order chi connectivity index (χ1) is 18.7. The Balaban J connectivity index is 1.59. The van der Waals surface area contributed by atoms with Crippen LogP contribution in [0.3, 0.4) is 0 Å². The minimum atomic E-state index is -0.887. The number of halogens is 1. The number of methoxy groups -OCH3 is 2. The third-order valence-corrected chi connectivity index (χ3v) is 7.25. The van der Waals surface area contributed by atoms with E-state index in [1.165, 1.54) is 9.80 Å². The molecule has 1 aliphatic heterocycles. The summed E-state index contributed by atoms with van der Waals surface area (Å²) in [5.74, 6) is 0.562. The highest BCUT2D eigenvalue weighted by molar-refractivity contribution is 6.30. The van der Waals surface area contributed by atoms with Gasteiger partial charge >= 0.3 is 0 Å². The number of anilines is 1. The van der Waals surface area contributed by atoms with E-state index in [0.717, 1.165) is 16.7 Å². The molecule has 1 unspecified atom stereocenters. The summed E-state index contributed by atoms with van der Waals surface area (Å²) in [4.78, 5) is 43.1. The first kappa shape index (κ1) is 28.2. The maximum atomic E-state index is 13.6. The molecule has 1 fully saturated rings. The Hall–Kier alpha value is -3.84. The first-order valence-corrected chi connectivity index (χ1v) is 13.3. The van der Waals surface area contributed by atoms with Crippen molar-refractivity contribution >= 4 is 35.0 Å². The Kier molecular flexibility index (Phi) is 8.92. The number of amides is 3. The fraction of sp³-hybridized carbons (Fsp3) is 0.323. The summed E-state index contributed by atoms with van der Waals surface area (Å²) in [6.07, 6.45) is 0.487. The molecule has 1 atom stereocenters. The highest BCUT2D eigenvalue weighted by atomic mass is 35.5. The van der Waals surface area contributed by atoms with Crippen LogP contribution in [0.15, 0.2) is 66.7 Å². The van der Waals surface area contributed by atoms with Crippen LogP contribution in [0, 0.1) is 0 Å². The van der Waals surface area contributed by atoms with Crippen molar-refractivity contribution in [3.8, 4) is 11.5 Å². The van der Waals surface area contributed by atoms with E-state index in [2.05, 4.69) is 13.8 Å². The zero-order valence-corrected chi connectivity index (χ0v) is 23.4. The number of imide groups is 1. The van der Waals surface area contributed by atoms with E-state index in [1.807, 2.05) is 24.3 Å².